The van der Waals surface area contributed by atoms with Crippen molar-refractivity contribution in [2.45, 2.75) is 46.0 Å². The van der Waals surface area contributed by atoms with E-state index in [0.717, 1.165) is 29.8 Å². The Morgan fingerprint density at radius 3 is 2.30 bits per heavy atom. The third-order valence-electron chi connectivity index (χ3n) is 4.22. The quantitative estimate of drug-likeness (QED) is 0.841. The Labute approximate surface area is 122 Å². The molecular weight excluding hydrogens is 248 g/mol. The van der Waals surface area contributed by atoms with Crippen LogP contribution in [0, 0.1) is 11.8 Å². The molecule has 1 aliphatic carbocycles. The number of hydrogen-bond acceptors (Lipinski definition) is 2. The first-order valence-electron chi connectivity index (χ1n) is 7.81. The van der Waals surface area contributed by atoms with Crippen LogP contribution in [0.1, 0.15) is 46.0 Å². The zero-order chi connectivity index (χ0) is 14.4. The van der Waals surface area contributed by atoms with E-state index < -0.39 is 0 Å². The molecule has 0 saturated heterocycles. The van der Waals surface area contributed by atoms with E-state index in [9.17, 15) is 4.79 Å². The van der Waals surface area contributed by atoms with Gasteiger partial charge in [-0.15, -0.1) is 0 Å². The fourth-order valence-electron chi connectivity index (χ4n) is 2.72. The largest absolute Gasteiger partial charge is 0.385 e. The molecule has 0 unspecified atom stereocenters. The molecule has 20 heavy (non-hydrogen) atoms. The zero-order valence-electron chi connectivity index (χ0n) is 12.6. The number of amides is 1. The van der Waals surface area contributed by atoms with Crippen LogP contribution >= 0.6 is 0 Å². The third kappa shape index (κ3) is 4.55. The lowest BCUT2D eigenvalue weighted by Gasteiger charge is -2.26. The van der Waals surface area contributed by atoms with Crippen molar-refractivity contribution in [3.05, 3.63) is 24.3 Å². The van der Waals surface area contributed by atoms with Gasteiger partial charge in [0.15, 0.2) is 0 Å². The number of nitrogens with one attached hydrogen (secondary N) is 2. The molecule has 1 aliphatic rings. The van der Waals surface area contributed by atoms with Gasteiger partial charge in [0.25, 0.3) is 0 Å². The molecule has 1 aromatic rings. The summed E-state index contributed by atoms with van der Waals surface area (Å²) in [5.41, 5.74) is 2.01. The Hall–Kier alpha value is -1.51. The van der Waals surface area contributed by atoms with E-state index in [1.165, 1.54) is 25.7 Å². The van der Waals surface area contributed by atoms with Gasteiger partial charge in [-0.05, 0) is 48.9 Å². The molecule has 0 bridgehead atoms. The lowest BCUT2D eigenvalue weighted by atomic mass is 9.83. The average molecular weight is 274 g/mol. The summed E-state index contributed by atoms with van der Waals surface area (Å²) in [6.45, 7) is 5.27. The van der Waals surface area contributed by atoms with E-state index in [2.05, 4.69) is 17.6 Å². The molecule has 3 heteroatoms. The van der Waals surface area contributed by atoms with Crippen molar-refractivity contribution >= 4 is 17.3 Å². The Balaban J connectivity index is 1.77. The van der Waals surface area contributed by atoms with Gasteiger partial charge in [0, 0.05) is 24.3 Å². The summed E-state index contributed by atoms with van der Waals surface area (Å²) in [5.74, 6) is 1.78. The van der Waals surface area contributed by atoms with Crippen LogP contribution in [0.4, 0.5) is 11.4 Å². The van der Waals surface area contributed by atoms with Crippen LogP contribution in [0.5, 0.6) is 0 Å². The molecule has 0 aliphatic heterocycles. The summed E-state index contributed by atoms with van der Waals surface area (Å²) < 4.78 is 0. The highest BCUT2D eigenvalue weighted by atomic mass is 16.1. The molecule has 1 saturated carbocycles. The second kappa shape index (κ2) is 7.32. The average Bonchev–Trinajstić information content (AvgIpc) is 2.48. The van der Waals surface area contributed by atoms with Crippen molar-refractivity contribution in [1.29, 1.82) is 0 Å². The maximum atomic E-state index is 11.3. The smallest absolute Gasteiger partial charge is 0.224 e. The standard InChI is InChI=1S/C17H26N2O/c1-3-17(20)19-16-10-8-15(9-11-16)18-12-14-6-4-13(2)5-7-14/h8-11,13-14,18H,3-7,12H2,1-2H3,(H,19,20). The highest BCUT2D eigenvalue weighted by Gasteiger charge is 2.17. The Bertz CT molecular complexity index is 419. The van der Waals surface area contributed by atoms with Gasteiger partial charge >= 0.3 is 0 Å². The van der Waals surface area contributed by atoms with E-state index >= 15 is 0 Å². The number of carbonyl (C=O) groups excluding carboxylic acids is 1. The third-order valence-corrected chi connectivity index (χ3v) is 4.22. The number of carbonyl (C=O) groups is 1. The van der Waals surface area contributed by atoms with Crippen LogP contribution in [0.3, 0.4) is 0 Å². The highest BCUT2D eigenvalue weighted by Crippen LogP contribution is 2.28. The molecule has 0 heterocycles. The molecule has 0 atom stereocenters. The van der Waals surface area contributed by atoms with Crippen molar-refractivity contribution < 1.29 is 4.79 Å². The van der Waals surface area contributed by atoms with Crippen molar-refractivity contribution in [1.82, 2.24) is 0 Å². The Morgan fingerprint density at radius 2 is 1.70 bits per heavy atom. The van der Waals surface area contributed by atoms with Crippen LogP contribution in [0.15, 0.2) is 24.3 Å². The summed E-state index contributed by atoms with van der Waals surface area (Å²) in [6.07, 6.45) is 5.94. The topological polar surface area (TPSA) is 41.1 Å². The van der Waals surface area contributed by atoms with Crippen LogP contribution < -0.4 is 10.6 Å². The number of benzene rings is 1. The first-order valence-corrected chi connectivity index (χ1v) is 7.81. The summed E-state index contributed by atoms with van der Waals surface area (Å²) in [4.78, 5) is 11.3. The lowest BCUT2D eigenvalue weighted by Crippen LogP contribution is -2.20. The summed E-state index contributed by atoms with van der Waals surface area (Å²) in [6, 6.07) is 7.99. The molecule has 0 radical (unpaired) electrons. The second-order valence-corrected chi connectivity index (χ2v) is 5.99. The molecule has 110 valence electrons. The second-order valence-electron chi connectivity index (χ2n) is 5.99. The number of rotatable bonds is 5. The van der Waals surface area contributed by atoms with Crippen LogP contribution in [0.2, 0.25) is 0 Å². The van der Waals surface area contributed by atoms with E-state index in [-0.39, 0.29) is 5.91 Å². The van der Waals surface area contributed by atoms with Crippen LogP contribution in [-0.2, 0) is 4.79 Å². The van der Waals surface area contributed by atoms with Crippen LogP contribution in [0.25, 0.3) is 0 Å². The van der Waals surface area contributed by atoms with Gasteiger partial charge in [-0.1, -0.05) is 26.7 Å². The van der Waals surface area contributed by atoms with Gasteiger partial charge < -0.3 is 10.6 Å². The van der Waals surface area contributed by atoms with Gasteiger partial charge in [0.1, 0.15) is 0 Å². The summed E-state index contributed by atoms with van der Waals surface area (Å²) >= 11 is 0. The maximum Gasteiger partial charge on any atom is 0.224 e. The van der Waals surface area contributed by atoms with Gasteiger partial charge in [-0.3, -0.25) is 4.79 Å². The van der Waals surface area contributed by atoms with Gasteiger partial charge in [-0.2, -0.15) is 0 Å². The van der Waals surface area contributed by atoms with Gasteiger partial charge in [-0.25, -0.2) is 0 Å². The van der Waals surface area contributed by atoms with Gasteiger partial charge in [0.2, 0.25) is 5.91 Å². The minimum absolute atomic E-state index is 0.0574. The Kier molecular flexibility index (Phi) is 5.45. The van der Waals surface area contributed by atoms with E-state index in [1.807, 2.05) is 31.2 Å². The van der Waals surface area contributed by atoms with Crippen molar-refractivity contribution in [3.63, 3.8) is 0 Å². The number of anilines is 2. The van der Waals surface area contributed by atoms with Crippen molar-refractivity contribution in [2.24, 2.45) is 11.8 Å². The zero-order valence-corrected chi connectivity index (χ0v) is 12.6. The molecule has 1 aromatic carbocycles. The minimum atomic E-state index is 0.0574. The molecule has 0 spiro atoms. The normalized spacial score (nSPS) is 22.3. The van der Waals surface area contributed by atoms with Crippen LogP contribution in [-0.4, -0.2) is 12.5 Å². The van der Waals surface area contributed by atoms with E-state index in [1.54, 1.807) is 0 Å². The molecular formula is C17H26N2O. The Morgan fingerprint density at radius 1 is 1.10 bits per heavy atom. The highest BCUT2D eigenvalue weighted by molar-refractivity contribution is 5.90. The molecule has 2 rings (SSSR count). The summed E-state index contributed by atoms with van der Waals surface area (Å²) in [5, 5.41) is 6.37. The molecule has 2 N–H and O–H groups in total. The fraction of sp³-hybridized carbons (Fsp3) is 0.588. The van der Waals surface area contributed by atoms with E-state index in [4.69, 9.17) is 0 Å². The maximum absolute atomic E-state index is 11.3. The SMILES string of the molecule is CCC(=O)Nc1ccc(NCC2CCC(C)CC2)cc1. The van der Waals surface area contributed by atoms with E-state index in [0.29, 0.717) is 6.42 Å². The first-order chi connectivity index (χ1) is 9.67. The summed E-state index contributed by atoms with van der Waals surface area (Å²) in [7, 11) is 0. The lowest BCUT2D eigenvalue weighted by molar-refractivity contribution is -0.115. The number of hydrogen-bond donors (Lipinski definition) is 2. The fourth-order valence-corrected chi connectivity index (χ4v) is 2.72. The minimum Gasteiger partial charge on any atom is -0.385 e. The molecule has 1 amide bonds. The molecule has 0 aromatic heterocycles. The molecule has 3 nitrogen and oxygen atoms in total. The predicted octanol–water partition coefficient (Wildman–Crippen LogP) is 4.27. The van der Waals surface area contributed by atoms with Crippen molar-refractivity contribution in [3.8, 4) is 0 Å². The predicted molar refractivity (Wildman–Crippen MR) is 85.0 cm³/mol. The molecule has 1 fully saturated rings. The van der Waals surface area contributed by atoms with Gasteiger partial charge in [0.05, 0.1) is 0 Å². The van der Waals surface area contributed by atoms with Crippen molar-refractivity contribution in [2.75, 3.05) is 17.2 Å². The monoisotopic (exact) mass is 274 g/mol. The first kappa shape index (κ1) is 14.9.